The van der Waals surface area contributed by atoms with E-state index in [0.29, 0.717) is 11.8 Å². The van der Waals surface area contributed by atoms with E-state index in [2.05, 4.69) is 4.98 Å². The molecule has 0 spiro atoms. The average Bonchev–Trinajstić information content (AvgIpc) is 2.65. The Kier molecular flexibility index (Phi) is 1.55. The van der Waals surface area contributed by atoms with Gasteiger partial charge in [-0.3, -0.25) is 4.57 Å². The molecule has 0 unspecified atom stereocenters. The number of rotatable bonds is 0. The van der Waals surface area contributed by atoms with E-state index in [1.54, 1.807) is 6.20 Å². The van der Waals surface area contributed by atoms with Gasteiger partial charge in [-0.05, 0) is 12.1 Å². The van der Waals surface area contributed by atoms with E-state index in [9.17, 15) is 0 Å². The molecule has 4 heteroatoms. The number of imidazole rings is 1. The highest BCUT2D eigenvalue weighted by Crippen LogP contribution is 2.38. The summed E-state index contributed by atoms with van der Waals surface area (Å²) in [5.41, 5.74) is 0.880. The van der Waals surface area contributed by atoms with Crippen LogP contribution in [0.5, 0.6) is 5.75 Å². The molecular weight excluding hydrogens is 200 g/mol. The third-order valence-electron chi connectivity index (χ3n) is 2.27. The lowest BCUT2D eigenvalue weighted by molar-refractivity contribution is 0.230. The molecule has 0 aliphatic carbocycles. The van der Waals surface area contributed by atoms with Gasteiger partial charge >= 0.3 is 0 Å². The van der Waals surface area contributed by atoms with Gasteiger partial charge in [0.25, 0.3) is 0 Å². The Morgan fingerprint density at radius 1 is 1.43 bits per heavy atom. The van der Waals surface area contributed by atoms with Crippen LogP contribution in [-0.4, -0.2) is 9.55 Å². The predicted molar refractivity (Wildman–Crippen MR) is 53.3 cm³/mol. The molecule has 0 radical (unpaired) electrons. The molecule has 0 fully saturated rings. The monoisotopic (exact) mass is 206 g/mol. The van der Waals surface area contributed by atoms with E-state index in [4.69, 9.17) is 16.3 Å². The van der Waals surface area contributed by atoms with E-state index in [1.165, 1.54) is 0 Å². The van der Waals surface area contributed by atoms with E-state index in [-0.39, 0.29) is 0 Å². The first-order valence-electron chi connectivity index (χ1n) is 4.29. The summed E-state index contributed by atoms with van der Waals surface area (Å²) in [4.78, 5) is 4.26. The Balaban J connectivity index is 2.34. The number of aromatic nitrogens is 2. The molecule has 0 saturated carbocycles. The molecule has 70 valence electrons. The van der Waals surface area contributed by atoms with Crippen molar-refractivity contribution >= 4 is 11.6 Å². The maximum absolute atomic E-state index is 6.09. The molecule has 1 aliphatic rings. The van der Waals surface area contributed by atoms with E-state index < -0.39 is 0 Å². The van der Waals surface area contributed by atoms with Crippen molar-refractivity contribution in [2.24, 2.45) is 0 Å². The van der Waals surface area contributed by atoms with Crippen LogP contribution in [0.2, 0.25) is 5.02 Å². The fourth-order valence-electron chi connectivity index (χ4n) is 1.62. The van der Waals surface area contributed by atoms with Gasteiger partial charge in [-0.2, -0.15) is 0 Å². The minimum atomic E-state index is 0.503. The van der Waals surface area contributed by atoms with Gasteiger partial charge in [0, 0.05) is 12.4 Å². The quantitative estimate of drug-likeness (QED) is 0.663. The first-order valence-corrected chi connectivity index (χ1v) is 4.67. The van der Waals surface area contributed by atoms with Gasteiger partial charge in [-0.25, -0.2) is 4.98 Å². The van der Waals surface area contributed by atoms with Gasteiger partial charge in [-0.15, -0.1) is 0 Å². The summed E-state index contributed by atoms with van der Waals surface area (Å²) < 4.78 is 7.45. The topological polar surface area (TPSA) is 27.1 Å². The molecule has 1 aromatic carbocycles. The largest absolute Gasteiger partial charge is 0.472 e. The van der Waals surface area contributed by atoms with Crippen molar-refractivity contribution in [3.8, 4) is 17.1 Å². The summed E-state index contributed by atoms with van der Waals surface area (Å²) in [5.74, 6) is 1.67. The van der Waals surface area contributed by atoms with E-state index >= 15 is 0 Å². The van der Waals surface area contributed by atoms with Gasteiger partial charge in [0.1, 0.15) is 11.6 Å². The molecule has 0 saturated heterocycles. The Bertz CT molecular complexity index is 493. The van der Waals surface area contributed by atoms with E-state index in [1.807, 2.05) is 29.0 Å². The third kappa shape index (κ3) is 0.960. The molecule has 1 aromatic heterocycles. The summed E-state index contributed by atoms with van der Waals surface area (Å²) in [6.07, 6.45) is 3.62. The Morgan fingerprint density at radius 2 is 2.36 bits per heavy atom. The van der Waals surface area contributed by atoms with Crippen molar-refractivity contribution < 1.29 is 4.74 Å². The maximum Gasteiger partial charge on any atom is 0.166 e. The molecule has 0 N–H and O–H groups in total. The van der Waals surface area contributed by atoms with Crippen LogP contribution in [0, 0.1) is 0 Å². The SMILES string of the molecule is Clc1cccc2c1-c1nccn1CO2. The number of halogens is 1. The molecule has 0 bridgehead atoms. The van der Waals surface area contributed by atoms with Gasteiger partial charge < -0.3 is 4.74 Å². The van der Waals surface area contributed by atoms with Crippen LogP contribution in [-0.2, 0) is 6.73 Å². The van der Waals surface area contributed by atoms with Crippen molar-refractivity contribution in [2.75, 3.05) is 0 Å². The smallest absolute Gasteiger partial charge is 0.166 e. The van der Waals surface area contributed by atoms with Crippen molar-refractivity contribution in [1.29, 1.82) is 0 Å². The summed E-state index contributed by atoms with van der Waals surface area (Å²) in [7, 11) is 0. The molecular formula is C10H7ClN2O. The minimum Gasteiger partial charge on any atom is -0.472 e. The van der Waals surface area contributed by atoms with Crippen molar-refractivity contribution in [3.05, 3.63) is 35.6 Å². The molecule has 1 aliphatic heterocycles. The highest BCUT2D eigenvalue weighted by molar-refractivity contribution is 6.33. The second kappa shape index (κ2) is 2.75. The number of hydrogen-bond donors (Lipinski definition) is 0. The number of hydrogen-bond acceptors (Lipinski definition) is 2. The van der Waals surface area contributed by atoms with Crippen LogP contribution in [0.3, 0.4) is 0 Å². The van der Waals surface area contributed by atoms with Crippen molar-refractivity contribution in [3.63, 3.8) is 0 Å². The minimum absolute atomic E-state index is 0.503. The van der Waals surface area contributed by atoms with Crippen LogP contribution in [0.4, 0.5) is 0 Å². The molecule has 2 aromatic rings. The van der Waals surface area contributed by atoms with Crippen LogP contribution < -0.4 is 4.74 Å². The fourth-order valence-corrected chi connectivity index (χ4v) is 1.87. The predicted octanol–water partition coefficient (Wildman–Crippen LogP) is 2.55. The number of ether oxygens (including phenoxy) is 1. The number of benzene rings is 1. The Hall–Kier alpha value is -1.48. The van der Waals surface area contributed by atoms with Gasteiger partial charge in [-0.1, -0.05) is 17.7 Å². The zero-order chi connectivity index (χ0) is 9.54. The molecule has 3 rings (SSSR count). The second-order valence-corrected chi connectivity index (χ2v) is 3.51. The molecule has 3 nitrogen and oxygen atoms in total. The summed E-state index contributed by atoms with van der Waals surface area (Å²) in [6.45, 7) is 0.503. The highest BCUT2D eigenvalue weighted by atomic mass is 35.5. The van der Waals surface area contributed by atoms with Crippen LogP contribution in [0.25, 0.3) is 11.4 Å². The first kappa shape index (κ1) is 7.88. The standard InChI is InChI=1S/C10H7ClN2O/c11-7-2-1-3-8-9(7)10-12-4-5-13(10)6-14-8/h1-5H,6H2. The zero-order valence-corrected chi connectivity index (χ0v) is 8.03. The van der Waals surface area contributed by atoms with Gasteiger partial charge in [0.2, 0.25) is 0 Å². The maximum atomic E-state index is 6.09. The van der Waals surface area contributed by atoms with E-state index in [0.717, 1.165) is 17.1 Å². The molecule has 0 amide bonds. The fraction of sp³-hybridized carbons (Fsp3) is 0.100. The average molecular weight is 207 g/mol. The summed E-state index contributed by atoms with van der Waals surface area (Å²) in [5, 5.41) is 0.676. The Labute approximate surface area is 85.9 Å². The number of fused-ring (bicyclic) bond motifs is 3. The molecule has 0 atom stereocenters. The second-order valence-electron chi connectivity index (χ2n) is 3.11. The van der Waals surface area contributed by atoms with Gasteiger partial charge in [0.05, 0.1) is 10.6 Å². The lowest BCUT2D eigenvalue weighted by Crippen LogP contribution is -2.12. The number of nitrogens with zero attached hydrogens (tertiary/aromatic N) is 2. The van der Waals surface area contributed by atoms with Crippen molar-refractivity contribution in [1.82, 2.24) is 9.55 Å². The Morgan fingerprint density at radius 3 is 3.29 bits per heavy atom. The highest BCUT2D eigenvalue weighted by Gasteiger charge is 2.19. The van der Waals surface area contributed by atoms with Crippen molar-refractivity contribution in [2.45, 2.75) is 6.73 Å². The summed E-state index contributed by atoms with van der Waals surface area (Å²) in [6, 6.07) is 5.62. The van der Waals surface area contributed by atoms with Gasteiger partial charge in [0.15, 0.2) is 6.73 Å². The normalized spacial score (nSPS) is 12.9. The lowest BCUT2D eigenvalue weighted by atomic mass is 10.1. The van der Waals surface area contributed by atoms with Crippen LogP contribution >= 0.6 is 11.6 Å². The zero-order valence-electron chi connectivity index (χ0n) is 7.27. The third-order valence-corrected chi connectivity index (χ3v) is 2.59. The summed E-state index contributed by atoms with van der Waals surface area (Å²) >= 11 is 6.09. The lowest BCUT2D eigenvalue weighted by Gasteiger charge is -2.19. The molecule has 14 heavy (non-hydrogen) atoms. The van der Waals surface area contributed by atoms with Crippen LogP contribution in [0.15, 0.2) is 30.6 Å². The molecule has 2 heterocycles. The first-order chi connectivity index (χ1) is 6.86. The van der Waals surface area contributed by atoms with Crippen LogP contribution in [0.1, 0.15) is 0 Å².